The minimum Gasteiger partial charge on any atom is -0.472 e. The molecule has 0 unspecified atom stereocenters. The van der Waals surface area contributed by atoms with Crippen molar-refractivity contribution in [1.29, 1.82) is 0 Å². The normalized spacial score (nSPS) is 20.8. The fourth-order valence-electron chi connectivity index (χ4n) is 3.75. The number of esters is 1. The van der Waals surface area contributed by atoms with Gasteiger partial charge in [0.1, 0.15) is 12.4 Å². The van der Waals surface area contributed by atoms with Crippen molar-refractivity contribution in [3.63, 3.8) is 0 Å². The van der Waals surface area contributed by atoms with Crippen LogP contribution in [0.4, 0.5) is 0 Å². The quantitative estimate of drug-likeness (QED) is 0.613. The van der Waals surface area contributed by atoms with Gasteiger partial charge in [-0.05, 0) is 41.7 Å². The zero-order valence-electron chi connectivity index (χ0n) is 13.5. The first-order valence-corrected chi connectivity index (χ1v) is 8.54. The number of rotatable bonds is 3. The van der Waals surface area contributed by atoms with Crippen molar-refractivity contribution < 1.29 is 13.9 Å². The largest absolute Gasteiger partial charge is 0.472 e. The molecule has 3 aromatic rings. The van der Waals surface area contributed by atoms with Gasteiger partial charge in [-0.1, -0.05) is 48.9 Å². The molecule has 3 heteroatoms. The highest BCUT2D eigenvalue weighted by Crippen LogP contribution is 2.38. The SMILES string of the molecule is O=C(O[C@@H]1CCCC[C@H]1c1cccc2ccccc12)c1ccoc1. The second-order valence-corrected chi connectivity index (χ2v) is 6.42. The molecule has 1 aromatic heterocycles. The summed E-state index contributed by atoms with van der Waals surface area (Å²) >= 11 is 0. The van der Waals surface area contributed by atoms with Crippen LogP contribution in [0.1, 0.15) is 47.5 Å². The minimum atomic E-state index is -0.291. The van der Waals surface area contributed by atoms with Gasteiger partial charge in [0, 0.05) is 5.92 Å². The number of hydrogen-bond acceptors (Lipinski definition) is 3. The molecule has 122 valence electrons. The predicted molar refractivity (Wildman–Crippen MR) is 93.1 cm³/mol. The van der Waals surface area contributed by atoms with Crippen molar-refractivity contribution in [2.45, 2.75) is 37.7 Å². The van der Waals surface area contributed by atoms with E-state index < -0.39 is 0 Å². The Hall–Kier alpha value is -2.55. The molecule has 24 heavy (non-hydrogen) atoms. The Morgan fingerprint density at radius 3 is 2.71 bits per heavy atom. The maximum atomic E-state index is 12.3. The molecule has 0 saturated heterocycles. The molecular formula is C21H20O3. The Bertz CT molecular complexity index is 830. The number of benzene rings is 2. The Labute approximate surface area is 141 Å². The number of carbonyl (C=O) groups is 1. The highest BCUT2D eigenvalue weighted by molar-refractivity contribution is 5.89. The van der Waals surface area contributed by atoms with E-state index in [1.807, 2.05) is 0 Å². The molecule has 0 N–H and O–H groups in total. The van der Waals surface area contributed by atoms with Crippen molar-refractivity contribution in [2.24, 2.45) is 0 Å². The van der Waals surface area contributed by atoms with Gasteiger partial charge in [0.25, 0.3) is 0 Å². The van der Waals surface area contributed by atoms with E-state index in [9.17, 15) is 4.79 Å². The number of furan rings is 1. The Kier molecular flexibility index (Phi) is 4.08. The lowest BCUT2D eigenvalue weighted by Crippen LogP contribution is -2.28. The maximum Gasteiger partial charge on any atom is 0.341 e. The number of hydrogen-bond donors (Lipinski definition) is 0. The first-order valence-electron chi connectivity index (χ1n) is 8.54. The van der Waals surface area contributed by atoms with Crippen molar-refractivity contribution in [3.8, 4) is 0 Å². The van der Waals surface area contributed by atoms with Crippen LogP contribution in [-0.2, 0) is 4.74 Å². The van der Waals surface area contributed by atoms with Gasteiger partial charge in [-0.2, -0.15) is 0 Å². The van der Waals surface area contributed by atoms with Crippen molar-refractivity contribution >= 4 is 16.7 Å². The van der Waals surface area contributed by atoms with Gasteiger partial charge < -0.3 is 9.15 Å². The molecule has 1 fully saturated rings. The molecule has 2 aromatic carbocycles. The van der Waals surface area contributed by atoms with Crippen LogP contribution in [-0.4, -0.2) is 12.1 Å². The van der Waals surface area contributed by atoms with Crippen molar-refractivity contribution in [2.75, 3.05) is 0 Å². The summed E-state index contributed by atoms with van der Waals surface area (Å²) in [5, 5.41) is 2.50. The average molecular weight is 320 g/mol. The van der Waals surface area contributed by atoms with Gasteiger partial charge in [0.05, 0.1) is 11.8 Å². The van der Waals surface area contributed by atoms with Crippen LogP contribution in [0.25, 0.3) is 10.8 Å². The van der Waals surface area contributed by atoms with Gasteiger partial charge in [-0.25, -0.2) is 4.79 Å². The topological polar surface area (TPSA) is 39.4 Å². The summed E-state index contributed by atoms with van der Waals surface area (Å²) in [4.78, 5) is 12.3. The zero-order valence-corrected chi connectivity index (χ0v) is 13.5. The van der Waals surface area contributed by atoms with Crippen LogP contribution >= 0.6 is 0 Å². The van der Waals surface area contributed by atoms with E-state index in [-0.39, 0.29) is 18.0 Å². The smallest absolute Gasteiger partial charge is 0.341 e. The monoisotopic (exact) mass is 320 g/mol. The highest BCUT2D eigenvalue weighted by Gasteiger charge is 2.31. The molecule has 0 amide bonds. The maximum absolute atomic E-state index is 12.3. The summed E-state index contributed by atoms with van der Waals surface area (Å²) in [7, 11) is 0. The van der Waals surface area contributed by atoms with E-state index in [4.69, 9.17) is 9.15 Å². The molecule has 1 heterocycles. The van der Waals surface area contributed by atoms with Crippen LogP contribution in [0.2, 0.25) is 0 Å². The van der Waals surface area contributed by atoms with Crippen LogP contribution in [0.5, 0.6) is 0 Å². The average Bonchev–Trinajstić information content (AvgIpc) is 3.17. The van der Waals surface area contributed by atoms with Gasteiger partial charge in [0.2, 0.25) is 0 Å². The van der Waals surface area contributed by atoms with Crippen molar-refractivity contribution in [1.82, 2.24) is 0 Å². The van der Waals surface area contributed by atoms with Crippen LogP contribution in [0.3, 0.4) is 0 Å². The van der Waals surface area contributed by atoms with E-state index >= 15 is 0 Å². The molecule has 0 spiro atoms. The standard InChI is InChI=1S/C21H20O3/c22-21(16-12-13-23-14-16)24-20-11-4-3-9-19(20)18-10-5-7-15-6-1-2-8-17(15)18/h1-2,5-8,10,12-14,19-20H,3-4,9,11H2/t19-,20+/m0/s1. The van der Waals surface area contributed by atoms with Gasteiger partial charge in [-0.3, -0.25) is 0 Å². The molecule has 1 aliphatic rings. The van der Waals surface area contributed by atoms with Crippen LogP contribution in [0.15, 0.2) is 65.5 Å². The summed E-state index contributed by atoms with van der Waals surface area (Å²) in [6.45, 7) is 0. The lowest BCUT2D eigenvalue weighted by atomic mass is 9.80. The second-order valence-electron chi connectivity index (χ2n) is 6.42. The summed E-state index contributed by atoms with van der Waals surface area (Å²) in [6, 6.07) is 16.5. The zero-order chi connectivity index (χ0) is 16.4. The van der Waals surface area contributed by atoms with E-state index in [1.54, 1.807) is 6.07 Å². The minimum absolute atomic E-state index is 0.0769. The van der Waals surface area contributed by atoms with Crippen LogP contribution < -0.4 is 0 Å². The molecule has 0 aliphatic heterocycles. The van der Waals surface area contributed by atoms with E-state index in [0.717, 1.165) is 19.3 Å². The molecular weight excluding hydrogens is 300 g/mol. The second kappa shape index (κ2) is 6.52. The molecule has 1 saturated carbocycles. The number of fused-ring (bicyclic) bond motifs is 1. The fraction of sp³-hybridized carbons (Fsp3) is 0.286. The molecule has 2 atom stereocenters. The third-order valence-corrected chi connectivity index (χ3v) is 4.94. The van der Waals surface area contributed by atoms with E-state index in [2.05, 4.69) is 42.5 Å². The predicted octanol–water partition coefficient (Wildman–Crippen LogP) is 5.32. The third kappa shape index (κ3) is 2.82. The van der Waals surface area contributed by atoms with Crippen molar-refractivity contribution in [3.05, 3.63) is 72.2 Å². The molecule has 4 rings (SSSR count). The summed E-state index contributed by atoms with van der Waals surface area (Å²) in [5.41, 5.74) is 1.77. The summed E-state index contributed by atoms with van der Waals surface area (Å²) in [5.74, 6) is -0.0402. The fourth-order valence-corrected chi connectivity index (χ4v) is 3.75. The van der Waals surface area contributed by atoms with Gasteiger partial charge >= 0.3 is 5.97 Å². The Morgan fingerprint density at radius 2 is 1.83 bits per heavy atom. The Morgan fingerprint density at radius 1 is 1.00 bits per heavy atom. The molecule has 3 nitrogen and oxygen atoms in total. The van der Waals surface area contributed by atoms with Gasteiger partial charge in [0.15, 0.2) is 0 Å². The molecule has 0 bridgehead atoms. The number of carbonyl (C=O) groups excluding carboxylic acids is 1. The summed E-state index contributed by atoms with van der Waals surface area (Å²) in [6.07, 6.45) is 7.11. The van der Waals surface area contributed by atoms with Gasteiger partial charge in [-0.15, -0.1) is 0 Å². The first-order chi connectivity index (χ1) is 11.8. The van der Waals surface area contributed by atoms with E-state index in [1.165, 1.54) is 35.3 Å². The van der Waals surface area contributed by atoms with Crippen LogP contribution in [0, 0.1) is 0 Å². The molecule has 0 radical (unpaired) electrons. The number of ether oxygens (including phenoxy) is 1. The summed E-state index contributed by atoms with van der Waals surface area (Å²) < 4.78 is 10.8. The Balaban J connectivity index is 1.65. The lowest BCUT2D eigenvalue weighted by molar-refractivity contribution is 0.0143. The lowest BCUT2D eigenvalue weighted by Gasteiger charge is -2.32. The third-order valence-electron chi connectivity index (χ3n) is 4.94. The highest BCUT2D eigenvalue weighted by atomic mass is 16.5. The van der Waals surface area contributed by atoms with E-state index in [0.29, 0.717) is 5.56 Å². The first kappa shape index (κ1) is 15.0. The molecule has 1 aliphatic carbocycles.